The summed E-state index contributed by atoms with van der Waals surface area (Å²) in [5, 5.41) is 2.51. The summed E-state index contributed by atoms with van der Waals surface area (Å²) in [6.07, 6.45) is 1.99. The SMILES string of the molecule is CSc1cccc(N2C[C@@H](C(=O)OCC(=O)Nc3ccc(F)cc3)CC2=O)c1. The minimum absolute atomic E-state index is 0.0436. The lowest BCUT2D eigenvalue weighted by Crippen LogP contribution is -2.28. The summed E-state index contributed by atoms with van der Waals surface area (Å²) in [5.41, 5.74) is 1.14. The van der Waals surface area contributed by atoms with Crippen molar-refractivity contribution in [3.8, 4) is 0 Å². The van der Waals surface area contributed by atoms with Crippen LogP contribution in [0, 0.1) is 11.7 Å². The highest BCUT2D eigenvalue weighted by Crippen LogP contribution is 2.28. The molecule has 0 radical (unpaired) electrons. The predicted octanol–water partition coefficient (Wildman–Crippen LogP) is 3.08. The molecule has 0 aromatic heterocycles. The van der Waals surface area contributed by atoms with E-state index in [1.165, 1.54) is 24.3 Å². The molecule has 0 spiro atoms. The average Bonchev–Trinajstić information content (AvgIpc) is 3.10. The Morgan fingerprint density at radius 3 is 2.71 bits per heavy atom. The summed E-state index contributed by atoms with van der Waals surface area (Å²) in [7, 11) is 0. The lowest BCUT2D eigenvalue weighted by Gasteiger charge is -2.17. The molecular weight excluding hydrogens is 383 g/mol. The summed E-state index contributed by atoms with van der Waals surface area (Å²) < 4.78 is 17.9. The Morgan fingerprint density at radius 1 is 1.25 bits per heavy atom. The maximum absolute atomic E-state index is 12.9. The normalized spacial score (nSPS) is 16.1. The number of carbonyl (C=O) groups is 3. The monoisotopic (exact) mass is 402 g/mol. The molecule has 1 atom stereocenters. The largest absolute Gasteiger partial charge is 0.455 e. The molecule has 1 saturated heterocycles. The second-order valence-electron chi connectivity index (χ2n) is 6.27. The van der Waals surface area contributed by atoms with E-state index in [9.17, 15) is 18.8 Å². The van der Waals surface area contributed by atoms with Crippen LogP contribution in [0.3, 0.4) is 0 Å². The van der Waals surface area contributed by atoms with Crippen molar-refractivity contribution in [1.29, 1.82) is 0 Å². The summed E-state index contributed by atoms with van der Waals surface area (Å²) in [6, 6.07) is 12.8. The Balaban J connectivity index is 1.52. The molecular formula is C20H19FN2O4S. The Morgan fingerprint density at radius 2 is 2.00 bits per heavy atom. The molecule has 8 heteroatoms. The van der Waals surface area contributed by atoms with Crippen LogP contribution in [0.15, 0.2) is 53.4 Å². The van der Waals surface area contributed by atoms with Crippen molar-refractivity contribution < 1.29 is 23.5 Å². The van der Waals surface area contributed by atoms with E-state index >= 15 is 0 Å². The summed E-state index contributed by atoms with van der Waals surface area (Å²) in [6.45, 7) is -0.252. The standard InChI is InChI=1S/C20H19FN2O4S/c1-28-17-4-2-3-16(10-17)23-11-13(9-19(23)25)20(26)27-12-18(24)22-15-7-5-14(21)6-8-15/h2-8,10,13H,9,11-12H2,1H3,(H,22,24)/t13-/m0/s1. The van der Waals surface area contributed by atoms with Gasteiger partial charge in [-0.3, -0.25) is 14.4 Å². The number of hydrogen-bond donors (Lipinski definition) is 1. The number of hydrogen-bond acceptors (Lipinski definition) is 5. The molecule has 1 aliphatic rings. The average molecular weight is 402 g/mol. The van der Waals surface area contributed by atoms with Crippen molar-refractivity contribution in [3.63, 3.8) is 0 Å². The molecule has 1 heterocycles. The first-order valence-corrected chi connectivity index (χ1v) is 9.85. The number of rotatable bonds is 6. The Bertz CT molecular complexity index is 888. The number of nitrogens with one attached hydrogen (secondary N) is 1. The molecule has 2 aromatic carbocycles. The van der Waals surface area contributed by atoms with Gasteiger partial charge in [0.25, 0.3) is 5.91 Å². The number of anilines is 2. The minimum atomic E-state index is -0.621. The van der Waals surface area contributed by atoms with Crippen molar-refractivity contribution >= 4 is 40.9 Å². The number of esters is 1. The number of nitrogens with zero attached hydrogens (tertiary/aromatic N) is 1. The van der Waals surface area contributed by atoms with Crippen LogP contribution >= 0.6 is 11.8 Å². The molecule has 28 heavy (non-hydrogen) atoms. The second-order valence-corrected chi connectivity index (χ2v) is 7.15. The molecule has 1 N–H and O–H groups in total. The second kappa shape index (κ2) is 8.88. The Kier molecular flexibility index (Phi) is 6.30. The molecule has 6 nitrogen and oxygen atoms in total. The third kappa shape index (κ3) is 4.89. The van der Waals surface area contributed by atoms with Gasteiger partial charge < -0.3 is 15.0 Å². The van der Waals surface area contributed by atoms with E-state index in [2.05, 4.69) is 5.32 Å². The van der Waals surface area contributed by atoms with Gasteiger partial charge in [0.2, 0.25) is 5.91 Å². The zero-order valence-electron chi connectivity index (χ0n) is 15.2. The van der Waals surface area contributed by atoms with Gasteiger partial charge in [-0.15, -0.1) is 11.8 Å². The van der Waals surface area contributed by atoms with E-state index in [0.29, 0.717) is 5.69 Å². The van der Waals surface area contributed by atoms with Crippen LogP contribution in [0.2, 0.25) is 0 Å². The third-order valence-corrected chi connectivity index (χ3v) is 5.02. The number of amides is 2. The first-order valence-electron chi connectivity index (χ1n) is 8.62. The molecule has 3 rings (SSSR count). The van der Waals surface area contributed by atoms with E-state index in [1.807, 2.05) is 30.5 Å². The fraction of sp³-hybridized carbons (Fsp3) is 0.250. The van der Waals surface area contributed by atoms with Gasteiger partial charge in [0, 0.05) is 29.2 Å². The first-order chi connectivity index (χ1) is 13.5. The molecule has 1 fully saturated rings. The van der Waals surface area contributed by atoms with Gasteiger partial charge in [0.15, 0.2) is 6.61 Å². The predicted molar refractivity (Wildman–Crippen MR) is 105 cm³/mol. The lowest BCUT2D eigenvalue weighted by atomic mass is 10.1. The fourth-order valence-corrected chi connectivity index (χ4v) is 3.33. The van der Waals surface area contributed by atoms with Crippen molar-refractivity contribution in [2.45, 2.75) is 11.3 Å². The zero-order valence-corrected chi connectivity index (χ0v) is 16.0. The fourth-order valence-electron chi connectivity index (χ4n) is 2.88. The van der Waals surface area contributed by atoms with Crippen molar-refractivity contribution in [1.82, 2.24) is 0 Å². The van der Waals surface area contributed by atoms with Gasteiger partial charge in [-0.05, 0) is 48.7 Å². The van der Waals surface area contributed by atoms with Crippen LogP contribution in [0.4, 0.5) is 15.8 Å². The number of ether oxygens (including phenoxy) is 1. The van der Waals surface area contributed by atoms with Gasteiger partial charge >= 0.3 is 5.97 Å². The van der Waals surface area contributed by atoms with Crippen LogP contribution in [-0.2, 0) is 19.1 Å². The molecule has 2 amide bonds. The van der Waals surface area contributed by atoms with Crippen LogP contribution in [0.5, 0.6) is 0 Å². The summed E-state index contributed by atoms with van der Waals surface area (Å²) in [4.78, 5) is 39.0. The molecule has 0 aliphatic carbocycles. The highest BCUT2D eigenvalue weighted by Gasteiger charge is 2.36. The number of thioether (sulfide) groups is 1. The molecule has 0 unspecified atom stereocenters. The van der Waals surface area contributed by atoms with E-state index in [4.69, 9.17) is 4.74 Å². The van der Waals surface area contributed by atoms with Crippen LogP contribution in [0.25, 0.3) is 0 Å². The maximum atomic E-state index is 12.9. The van der Waals surface area contributed by atoms with E-state index in [-0.39, 0.29) is 18.9 Å². The van der Waals surface area contributed by atoms with Gasteiger partial charge in [-0.2, -0.15) is 0 Å². The topological polar surface area (TPSA) is 75.7 Å². The molecule has 0 bridgehead atoms. The van der Waals surface area contributed by atoms with Crippen LogP contribution in [0.1, 0.15) is 6.42 Å². The van der Waals surface area contributed by atoms with Crippen molar-refractivity contribution in [2.24, 2.45) is 5.92 Å². The van der Waals surface area contributed by atoms with Crippen molar-refractivity contribution in [3.05, 3.63) is 54.3 Å². The summed E-state index contributed by atoms with van der Waals surface area (Å²) >= 11 is 1.57. The lowest BCUT2D eigenvalue weighted by molar-refractivity contribution is -0.151. The van der Waals surface area contributed by atoms with Gasteiger partial charge in [-0.25, -0.2) is 4.39 Å². The van der Waals surface area contributed by atoms with Crippen LogP contribution < -0.4 is 10.2 Å². The highest BCUT2D eigenvalue weighted by molar-refractivity contribution is 7.98. The summed E-state index contributed by atoms with van der Waals surface area (Å²) in [5.74, 6) is -2.32. The number of carbonyl (C=O) groups excluding carboxylic acids is 3. The zero-order chi connectivity index (χ0) is 20.1. The molecule has 2 aromatic rings. The molecule has 146 valence electrons. The number of benzene rings is 2. The van der Waals surface area contributed by atoms with Gasteiger partial charge in [-0.1, -0.05) is 6.07 Å². The molecule has 1 aliphatic heterocycles. The quantitative estimate of drug-likeness (QED) is 0.594. The third-order valence-electron chi connectivity index (χ3n) is 4.30. The number of halogens is 1. The highest BCUT2D eigenvalue weighted by atomic mass is 32.2. The minimum Gasteiger partial charge on any atom is -0.455 e. The molecule has 0 saturated carbocycles. The van der Waals surface area contributed by atoms with Crippen LogP contribution in [-0.4, -0.2) is 37.2 Å². The maximum Gasteiger partial charge on any atom is 0.311 e. The van der Waals surface area contributed by atoms with E-state index in [0.717, 1.165) is 10.6 Å². The Hall–Kier alpha value is -2.87. The van der Waals surface area contributed by atoms with Crippen molar-refractivity contribution in [2.75, 3.05) is 29.6 Å². The first kappa shape index (κ1) is 19.9. The van der Waals surface area contributed by atoms with Gasteiger partial charge in [0.05, 0.1) is 5.92 Å². The smallest absolute Gasteiger partial charge is 0.311 e. The van der Waals surface area contributed by atoms with E-state index in [1.54, 1.807) is 16.7 Å². The Labute approximate surface area is 166 Å². The van der Waals surface area contributed by atoms with Gasteiger partial charge in [0.1, 0.15) is 5.82 Å². The van der Waals surface area contributed by atoms with E-state index < -0.39 is 30.2 Å².